The third kappa shape index (κ3) is 10.7. The van der Waals surface area contributed by atoms with Crippen LogP contribution < -0.4 is 10.1 Å². The molecule has 0 aromatic heterocycles. The van der Waals surface area contributed by atoms with Crippen LogP contribution in [0.5, 0.6) is 5.75 Å². The molecule has 0 saturated carbocycles. The second kappa shape index (κ2) is 14.6. The van der Waals surface area contributed by atoms with E-state index in [0.717, 1.165) is 5.56 Å². The average molecular weight is 563 g/mol. The van der Waals surface area contributed by atoms with E-state index in [4.69, 9.17) is 9.47 Å². The van der Waals surface area contributed by atoms with E-state index in [0.29, 0.717) is 17.0 Å². The highest BCUT2D eigenvalue weighted by Crippen LogP contribution is 2.36. The summed E-state index contributed by atoms with van der Waals surface area (Å²) in [5.41, 5.74) is 2.14. The number of amides is 2. The van der Waals surface area contributed by atoms with E-state index in [1.807, 2.05) is 6.92 Å². The summed E-state index contributed by atoms with van der Waals surface area (Å²) in [6, 6.07) is 12.8. The lowest BCUT2D eigenvalue weighted by molar-refractivity contribution is -0.391. The van der Waals surface area contributed by atoms with Crippen LogP contribution in [-0.4, -0.2) is 73.3 Å². The molecule has 0 fully saturated rings. The van der Waals surface area contributed by atoms with Crippen molar-refractivity contribution in [3.8, 4) is 5.75 Å². The van der Waals surface area contributed by atoms with E-state index < -0.39 is 37.0 Å². The second-order valence-corrected chi connectivity index (χ2v) is 8.48. The minimum Gasteiger partial charge on any atom is -0.492 e. The number of hydrogen-bond donors (Lipinski definition) is 2. The smallest absolute Gasteiger partial charge is 0.482 e. The van der Waals surface area contributed by atoms with Gasteiger partial charge in [-0.2, -0.15) is 22.0 Å². The van der Waals surface area contributed by atoms with Gasteiger partial charge in [-0.25, -0.2) is 9.59 Å². The van der Waals surface area contributed by atoms with E-state index in [1.165, 1.54) is 4.90 Å². The Balaban J connectivity index is 1.95. The van der Waals surface area contributed by atoms with Gasteiger partial charge in [-0.1, -0.05) is 29.8 Å². The number of ether oxygens (including phenoxy) is 3. The molecular formula is C26H31F5N2O6. The van der Waals surface area contributed by atoms with E-state index >= 15 is 0 Å². The molecule has 2 amide bonds. The fourth-order valence-corrected chi connectivity index (χ4v) is 3.32. The van der Waals surface area contributed by atoms with Gasteiger partial charge in [-0.3, -0.25) is 0 Å². The molecule has 39 heavy (non-hydrogen) atoms. The number of carboxylic acids is 1. The van der Waals surface area contributed by atoms with Gasteiger partial charge in [0.1, 0.15) is 12.4 Å². The maximum atomic E-state index is 13.0. The Kier molecular flexibility index (Phi) is 11.9. The predicted molar refractivity (Wildman–Crippen MR) is 132 cm³/mol. The molecule has 2 aromatic rings. The van der Waals surface area contributed by atoms with Crippen molar-refractivity contribution in [2.24, 2.45) is 0 Å². The van der Waals surface area contributed by atoms with Crippen molar-refractivity contribution in [1.29, 1.82) is 0 Å². The Morgan fingerprint density at radius 1 is 0.974 bits per heavy atom. The van der Waals surface area contributed by atoms with Crippen LogP contribution in [0.1, 0.15) is 24.5 Å². The third-order valence-electron chi connectivity index (χ3n) is 5.39. The fourth-order valence-electron chi connectivity index (χ4n) is 3.32. The predicted octanol–water partition coefficient (Wildman–Crippen LogP) is 5.50. The van der Waals surface area contributed by atoms with Crippen molar-refractivity contribution in [2.75, 3.05) is 38.2 Å². The fraction of sp³-hybridized carbons (Fsp3) is 0.462. The Morgan fingerprint density at radius 3 is 2.18 bits per heavy atom. The Labute approximate surface area is 222 Å². The number of urea groups is 1. The first-order valence-corrected chi connectivity index (χ1v) is 12.1. The SMILES string of the molecule is CCOC(Cc1ccc(OCCN(CCCOC(F)(F)C(F)(F)F)C(=O)Nc2ccc(C)cc2)cc1)C(=O)O. The summed E-state index contributed by atoms with van der Waals surface area (Å²) in [5.74, 6) is -0.650. The average Bonchev–Trinajstić information content (AvgIpc) is 2.86. The zero-order valence-electron chi connectivity index (χ0n) is 21.5. The van der Waals surface area contributed by atoms with Gasteiger partial charge < -0.3 is 29.5 Å². The maximum absolute atomic E-state index is 13.0. The number of carboxylic acid groups (broad SMARTS) is 1. The minimum absolute atomic E-state index is 0.0134. The summed E-state index contributed by atoms with van der Waals surface area (Å²) in [6.07, 6.45) is -12.2. The van der Waals surface area contributed by atoms with Crippen molar-refractivity contribution in [1.82, 2.24) is 4.90 Å². The summed E-state index contributed by atoms with van der Waals surface area (Å²) in [4.78, 5) is 25.2. The molecule has 216 valence electrons. The van der Waals surface area contributed by atoms with Crippen LogP contribution in [-0.2, 0) is 20.7 Å². The second-order valence-electron chi connectivity index (χ2n) is 8.48. The van der Waals surface area contributed by atoms with Crippen LogP contribution >= 0.6 is 0 Å². The first-order chi connectivity index (χ1) is 18.3. The summed E-state index contributed by atoms with van der Waals surface area (Å²) in [6.45, 7) is 2.68. The first-order valence-electron chi connectivity index (χ1n) is 12.1. The van der Waals surface area contributed by atoms with Crippen molar-refractivity contribution in [2.45, 2.75) is 45.1 Å². The third-order valence-corrected chi connectivity index (χ3v) is 5.39. The van der Waals surface area contributed by atoms with Crippen molar-refractivity contribution in [3.63, 3.8) is 0 Å². The lowest BCUT2D eigenvalue weighted by atomic mass is 10.1. The molecule has 0 aliphatic rings. The van der Waals surface area contributed by atoms with Gasteiger partial charge >= 0.3 is 24.3 Å². The topological polar surface area (TPSA) is 97.3 Å². The molecule has 8 nitrogen and oxygen atoms in total. The summed E-state index contributed by atoms with van der Waals surface area (Å²) in [7, 11) is 0. The lowest BCUT2D eigenvalue weighted by Crippen LogP contribution is -2.41. The highest BCUT2D eigenvalue weighted by Gasteiger charge is 2.59. The molecule has 1 atom stereocenters. The molecule has 2 aromatic carbocycles. The number of carbonyl (C=O) groups is 2. The highest BCUT2D eigenvalue weighted by atomic mass is 19.4. The van der Waals surface area contributed by atoms with Crippen LogP contribution in [0.2, 0.25) is 0 Å². The summed E-state index contributed by atoms with van der Waals surface area (Å²) < 4.78 is 77.5. The molecule has 0 bridgehead atoms. The molecule has 0 aliphatic carbocycles. The number of rotatable bonds is 15. The Hall–Kier alpha value is -3.45. The molecule has 1 unspecified atom stereocenters. The quantitative estimate of drug-likeness (QED) is 0.220. The van der Waals surface area contributed by atoms with Gasteiger partial charge in [0, 0.05) is 25.3 Å². The molecule has 0 radical (unpaired) electrons. The van der Waals surface area contributed by atoms with Crippen LogP contribution in [0.3, 0.4) is 0 Å². The number of benzene rings is 2. The molecule has 2 N–H and O–H groups in total. The van der Waals surface area contributed by atoms with E-state index in [2.05, 4.69) is 10.1 Å². The van der Waals surface area contributed by atoms with Crippen LogP contribution in [0.4, 0.5) is 32.4 Å². The van der Waals surface area contributed by atoms with Gasteiger partial charge in [-0.05, 0) is 50.1 Å². The zero-order valence-corrected chi connectivity index (χ0v) is 21.5. The number of carbonyl (C=O) groups excluding carboxylic acids is 1. The van der Waals surface area contributed by atoms with Gasteiger partial charge in [0.05, 0.1) is 13.2 Å². The van der Waals surface area contributed by atoms with E-state index in [-0.39, 0.29) is 39.1 Å². The summed E-state index contributed by atoms with van der Waals surface area (Å²) >= 11 is 0. The molecule has 13 heteroatoms. The number of aryl methyl sites for hydroxylation is 1. The monoisotopic (exact) mass is 562 g/mol. The van der Waals surface area contributed by atoms with Gasteiger partial charge in [0.15, 0.2) is 6.10 Å². The van der Waals surface area contributed by atoms with E-state index in [9.17, 15) is 36.6 Å². The lowest BCUT2D eigenvalue weighted by Gasteiger charge is -2.24. The van der Waals surface area contributed by atoms with Gasteiger partial charge in [-0.15, -0.1) is 0 Å². The maximum Gasteiger partial charge on any atom is 0.482 e. The van der Waals surface area contributed by atoms with Crippen molar-refractivity contribution < 1.29 is 50.9 Å². The highest BCUT2D eigenvalue weighted by molar-refractivity contribution is 5.89. The minimum atomic E-state index is -5.84. The molecule has 0 heterocycles. The standard InChI is InChI=1S/C26H31F5N2O6/c1-3-37-22(23(34)35)17-19-7-11-21(12-8-19)38-16-14-33(13-4-15-39-26(30,31)25(27,28)29)24(36)32-20-9-5-18(2)6-10-20/h5-12,22H,3-4,13-17H2,1-2H3,(H,32,36)(H,34,35). The molecule has 2 rings (SSSR count). The zero-order chi connectivity index (χ0) is 29.1. The normalized spacial score (nSPS) is 12.6. The molecule has 0 saturated heterocycles. The number of halogens is 5. The number of aliphatic carboxylic acids is 1. The van der Waals surface area contributed by atoms with Crippen molar-refractivity contribution in [3.05, 3.63) is 59.7 Å². The Bertz CT molecular complexity index is 1050. The Morgan fingerprint density at radius 2 is 1.62 bits per heavy atom. The first kappa shape index (κ1) is 31.8. The van der Waals surface area contributed by atoms with Crippen LogP contribution in [0, 0.1) is 6.92 Å². The molecular weight excluding hydrogens is 531 g/mol. The van der Waals surface area contributed by atoms with E-state index in [1.54, 1.807) is 55.5 Å². The van der Waals surface area contributed by atoms with Crippen LogP contribution in [0.15, 0.2) is 48.5 Å². The number of anilines is 1. The number of hydrogen-bond acceptors (Lipinski definition) is 5. The number of nitrogens with one attached hydrogen (secondary N) is 1. The van der Waals surface area contributed by atoms with Crippen LogP contribution in [0.25, 0.3) is 0 Å². The summed E-state index contributed by atoms with van der Waals surface area (Å²) in [5, 5.41) is 11.9. The van der Waals surface area contributed by atoms with Gasteiger partial charge in [0.25, 0.3) is 0 Å². The van der Waals surface area contributed by atoms with Crippen molar-refractivity contribution >= 4 is 17.7 Å². The number of alkyl halides is 5. The van der Waals surface area contributed by atoms with Gasteiger partial charge in [0.2, 0.25) is 0 Å². The molecule has 0 spiro atoms. The molecule has 0 aliphatic heterocycles. The number of nitrogens with zero attached hydrogens (tertiary/aromatic N) is 1. The largest absolute Gasteiger partial charge is 0.492 e.